The molecule has 5 nitrogen and oxygen atoms in total. The molecule has 3 heterocycles. The van der Waals surface area contributed by atoms with Gasteiger partial charge >= 0.3 is 0 Å². The predicted octanol–water partition coefficient (Wildman–Crippen LogP) is 3.51. The Morgan fingerprint density at radius 1 is 1.24 bits per heavy atom. The molecule has 0 aromatic carbocycles. The second-order valence-corrected chi connectivity index (χ2v) is 5.94. The summed E-state index contributed by atoms with van der Waals surface area (Å²) in [5, 5.41) is 6.66. The molecule has 0 radical (unpaired) electrons. The van der Waals surface area contributed by atoms with Crippen molar-refractivity contribution in [1.29, 1.82) is 0 Å². The van der Waals surface area contributed by atoms with Crippen molar-refractivity contribution in [2.45, 2.75) is 26.8 Å². The summed E-state index contributed by atoms with van der Waals surface area (Å²) in [6, 6.07) is 4.08. The molecule has 0 aliphatic heterocycles. The van der Waals surface area contributed by atoms with Crippen LogP contribution >= 0.6 is 11.3 Å². The Hall–Kier alpha value is -2.21. The molecule has 0 fully saturated rings. The fourth-order valence-electron chi connectivity index (χ4n) is 2.19. The van der Waals surface area contributed by atoms with E-state index < -0.39 is 0 Å². The number of anilines is 1. The quantitative estimate of drug-likeness (QED) is 0.801. The summed E-state index contributed by atoms with van der Waals surface area (Å²) in [6.07, 6.45) is 5.49. The molecule has 0 saturated carbocycles. The van der Waals surface area contributed by atoms with Gasteiger partial charge in [0.15, 0.2) is 5.82 Å². The van der Waals surface area contributed by atoms with Crippen LogP contribution in [0.5, 0.6) is 0 Å². The van der Waals surface area contributed by atoms with Crippen molar-refractivity contribution in [3.05, 3.63) is 52.6 Å². The molecule has 3 aromatic heterocycles. The van der Waals surface area contributed by atoms with Crippen LogP contribution in [0, 0.1) is 13.8 Å². The summed E-state index contributed by atoms with van der Waals surface area (Å²) in [6.45, 7) is 6.09. The lowest BCUT2D eigenvalue weighted by molar-refractivity contribution is 0.835. The van der Waals surface area contributed by atoms with Crippen LogP contribution in [-0.2, 0) is 0 Å². The maximum Gasteiger partial charge on any atom is 0.161 e. The van der Waals surface area contributed by atoms with E-state index in [4.69, 9.17) is 0 Å². The average molecular weight is 299 g/mol. The number of aryl methyl sites for hydroxylation is 2. The van der Waals surface area contributed by atoms with E-state index in [-0.39, 0.29) is 6.04 Å². The van der Waals surface area contributed by atoms with E-state index in [1.165, 1.54) is 0 Å². The Morgan fingerprint density at radius 2 is 2.10 bits per heavy atom. The van der Waals surface area contributed by atoms with Gasteiger partial charge in [-0.3, -0.25) is 4.57 Å². The normalized spacial score (nSPS) is 12.3. The van der Waals surface area contributed by atoms with Gasteiger partial charge in [-0.25, -0.2) is 15.0 Å². The van der Waals surface area contributed by atoms with E-state index in [0.29, 0.717) is 0 Å². The molecule has 1 N–H and O–H groups in total. The molecule has 1 unspecified atom stereocenters. The minimum atomic E-state index is 0.127. The number of nitrogens with one attached hydrogen (secondary N) is 1. The van der Waals surface area contributed by atoms with Crippen molar-refractivity contribution in [2.75, 3.05) is 5.32 Å². The predicted molar refractivity (Wildman–Crippen MR) is 85.0 cm³/mol. The summed E-state index contributed by atoms with van der Waals surface area (Å²) in [4.78, 5) is 13.3. The van der Waals surface area contributed by atoms with Crippen molar-refractivity contribution < 1.29 is 0 Å². The maximum atomic E-state index is 4.53. The summed E-state index contributed by atoms with van der Waals surface area (Å²) < 4.78 is 1.97. The number of nitrogens with zero attached hydrogens (tertiary/aromatic N) is 4. The zero-order valence-corrected chi connectivity index (χ0v) is 13.1. The molecule has 21 heavy (non-hydrogen) atoms. The van der Waals surface area contributed by atoms with Gasteiger partial charge < -0.3 is 5.32 Å². The van der Waals surface area contributed by atoms with Crippen molar-refractivity contribution >= 4 is 17.0 Å². The van der Waals surface area contributed by atoms with Gasteiger partial charge in [-0.05, 0) is 32.9 Å². The number of thiazole rings is 1. The van der Waals surface area contributed by atoms with Crippen LogP contribution in [0.1, 0.15) is 29.5 Å². The molecule has 3 rings (SSSR count). The highest BCUT2D eigenvalue weighted by Gasteiger charge is 2.13. The third-order valence-corrected chi connectivity index (χ3v) is 4.08. The van der Waals surface area contributed by atoms with Crippen LogP contribution in [0.15, 0.2) is 36.1 Å². The Kier molecular flexibility index (Phi) is 3.70. The van der Waals surface area contributed by atoms with E-state index in [1.807, 2.05) is 36.7 Å². The van der Waals surface area contributed by atoms with Crippen LogP contribution in [-0.4, -0.2) is 19.5 Å². The smallest absolute Gasteiger partial charge is 0.161 e. The molecule has 0 saturated heterocycles. The fraction of sp³-hybridized carbons (Fsp3) is 0.267. The number of pyridine rings is 1. The molecule has 0 amide bonds. The first-order valence-corrected chi connectivity index (χ1v) is 7.67. The van der Waals surface area contributed by atoms with Gasteiger partial charge in [-0.2, -0.15) is 0 Å². The molecule has 0 aliphatic rings. The molecular weight excluding hydrogens is 282 g/mol. The van der Waals surface area contributed by atoms with Gasteiger partial charge in [0.1, 0.15) is 5.82 Å². The topological polar surface area (TPSA) is 55.6 Å². The minimum Gasteiger partial charge on any atom is -0.374 e. The van der Waals surface area contributed by atoms with Gasteiger partial charge in [0.25, 0.3) is 0 Å². The molecule has 6 heteroatoms. The number of rotatable bonds is 4. The standard InChI is InChI=1S/C15H17N5S/c1-10(14-9-21-12(3)19-14)18-13-5-4-6-17-15(13)20-8-7-16-11(20)2/h4-10,18H,1-3H3. The SMILES string of the molecule is Cc1nc(C(C)Nc2cccnc2-n2ccnc2C)cs1. The zero-order chi connectivity index (χ0) is 14.8. The number of hydrogen-bond acceptors (Lipinski definition) is 5. The number of imidazole rings is 1. The number of hydrogen-bond donors (Lipinski definition) is 1. The lowest BCUT2D eigenvalue weighted by atomic mass is 10.2. The average Bonchev–Trinajstić information content (AvgIpc) is 3.08. The monoisotopic (exact) mass is 299 g/mol. The van der Waals surface area contributed by atoms with Crippen LogP contribution < -0.4 is 5.32 Å². The van der Waals surface area contributed by atoms with Crippen LogP contribution in [0.2, 0.25) is 0 Å². The van der Waals surface area contributed by atoms with Crippen molar-refractivity contribution in [1.82, 2.24) is 19.5 Å². The lowest BCUT2D eigenvalue weighted by Crippen LogP contribution is -2.11. The van der Waals surface area contributed by atoms with Crippen molar-refractivity contribution in [3.8, 4) is 5.82 Å². The summed E-state index contributed by atoms with van der Waals surface area (Å²) in [5.74, 6) is 1.76. The van der Waals surface area contributed by atoms with E-state index in [2.05, 4.69) is 32.6 Å². The second kappa shape index (κ2) is 5.65. The van der Waals surface area contributed by atoms with Gasteiger partial charge in [0.2, 0.25) is 0 Å². The maximum absolute atomic E-state index is 4.53. The van der Waals surface area contributed by atoms with E-state index in [0.717, 1.165) is 28.0 Å². The first-order chi connectivity index (χ1) is 10.1. The highest BCUT2D eigenvalue weighted by Crippen LogP contribution is 2.24. The van der Waals surface area contributed by atoms with Crippen LogP contribution in [0.4, 0.5) is 5.69 Å². The molecule has 0 aliphatic carbocycles. The number of aromatic nitrogens is 4. The molecule has 0 spiro atoms. The summed E-state index contributed by atoms with van der Waals surface area (Å²) >= 11 is 1.67. The molecule has 108 valence electrons. The van der Waals surface area contributed by atoms with Crippen molar-refractivity contribution in [2.24, 2.45) is 0 Å². The molecular formula is C15H17N5S. The fourth-order valence-corrected chi connectivity index (χ4v) is 2.90. The van der Waals surface area contributed by atoms with Gasteiger partial charge in [-0.15, -0.1) is 11.3 Å². The first-order valence-electron chi connectivity index (χ1n) is 6.79. The second-order valence-electron chi connectivity index (χ2n) is 4.88. The molecule has 0 bridgehead atoms. The Labute approximate surface area is 127 Å². The first kappa shape index (κ1) is 13.8. The van der Waals surface area contributed by atoms with Gasteiger partial charge in [-0.1, -0.05) is 0 Å². The highest BCUT2D eigenvalue weighted by molar-refractivity contribution is 7.09. The van der Waals surface area contributed by atoms with Crippen molar-refractivity contribution in [3.63, 3.8) is 0 Å². The minimum absolute atomic E-state index is 0.127. The molecule has 3 aromatic rings. The van der Waals surface area contributed by atoms with E-state index in [1.54, 1.807) is 23.7 Å². The van der Waals surface area contributed by atoms with E-state index >= 15 is 0 Å². The molecule has 1 atom stereocenters. The summed E-state index contributed by atoms with van der Waals surface area (Å²) in [7, 11) is 0. The zero-order valence-electron chi connectivity index (χ0n) is 12.2. The largest absolute Gasteiger partial charge is 0.374 e. The Bertz CT molecular complexity index is 746. The van der Waals surface area contributed by atoms with Gasteiger partial charge in [0.05, 0.1) is 22.4 Å². The Balaban J connectivity index is 1.91. The van der Waals surface area contributed by atoms with Gasteiger partial charge in [0, 0.05) is 24.0 Å². The van der Waals surface area contributed by atoms with E-state index in [9.17, 15) is 0 Å². The highest BCUT2D eigenvalue weighted by atomic mass is 32.1. The Morgan fingerprint density at radius 3 is 2.76 bits per heavy atom. The lowest BCUT2D eigenvalue weighted by Gasteiger charge is -2.16. The summed E-state index contributed by atoms with van der Waals surface area (Å²) in [5.41, 5.74) is 2.02. The van der Waals surface area contributed by atoms with Crippen LogP contribution in [0.25, 0.3) is 5.82 Å². The van der Waals surface area contributed by atoms with Crippen LogP contribution in [0.3, 0.4) is 0 Å². The third kappa shape index (κ3) is 2.80. The third-order valence-electron chi connectivity index (χ3n) is 3.29.